The summed E-state index contributed by atoms with van der Waals surface area (Å²) in [5, 5.41) is 5.42. The summed E-state index contributed by atoms with van der Waals surface area (Å²) in [5.41, 5.74) is 3.36. The van der Waals surface area contributed by atoms with Gasteiger partial charge in [-0.1, -0.05) is 12.1 Å². The van der Waals surface area contributed by atoms with Gasteiger partial charge in [0, 0.05) is 11.3 Å². The molecule has 0 saturated carbocycles. The highest BCUT2D eigenvalue weighted by atomic mass is 16.5. The average molecular weight is 326 g/mol. The first kappa shape index (κ1) is 17.5. The molecule has 0 radical (unpaired) electrons. The van der Waals surface area contributed by atoms with E-state index in [1.807, 2.05) is 39.0 Å². The van der Waals surface area contributed by atoms with E-state index in [0.29, 0.717) is 17.9 Å². The number of anilines is 1. The summed E-state index contributed by atoms with van der Waals surface area (Å²) in [6.07, 6.45) is 0. The molecule has 2 N–H and O–H groups in total. The molecular weight excluding hydrogens is 304 g/mol. The molecule has 0 fully saturated rings. The Morgan fingerprint density at radius 2 is 1.75 bits per heavy atom. The number of aryl methyl sites for hydroxylation is 1. The van der Waals surface area contributed by atoms with Gasteiger partial charge in [-0.3, -0.25) is 9.59 Å². The van der Waals surface area contributed by atoms with Crippen molar-refractivity contribution in [2.75, 3.05) is 18.5 Å². The Labute approximate surface area is 142 Å². The van der Waals surface area contributed by atoms with Gasteiger partial charge in [-0.25, -0.2) is 0 Å². The van der Waals surface area contributed by atoms with E-state index in [-0.39, 0.29) is 18.4 Å². The van der Waals surface area contributed by atoms with Crippen molar-refractivity contribution in [1.82, 2.24) is 5.32 Å². The average Bonchev–Trinajstić information content (AvgIpc) is 2.58. The minimum Gasteiger partial charge on any atom is -0.494 e. The van der Waals surface area contributed by atoms with E-state index in [2.05, 4.69) is 10.6 Å². The number of rotatable bonds is 6. The van der Waals surface area contributed by atoms with Crippen molar-refractivity contribution >= 4 is 17.5 Å². The van der Waals surface area contributed by atoms with Crippen LogP contribution in [0, 0.1) is 13.8 Å². The van der Waals surface area contributed by atoms with Gasteiger partial charge in [0.1, 0.15) is 5.75 Å². The van der Waals surface area contributed by atoms with Crippen LogP contribution in [0.2, 0.25) is 0 Å². The van der Waals surface area contributed by atoms with Crippen LogP contribution in [0.4, 0.5) is 5.69 Å². The zero-order valence-electron chi connectivity index (χ0n) is 14.2. The van der Waals surface area contributed by atoms with Crippen LogP contribution in [-0.2, 0) is 4.79 Å². The van der Waals surface area contributed by atoms with Crippen molar-refractivity contribution in [3.8, 4) is 5.75 Å². The van der Waals surface area contributed by atoms with Gasteiger partial charge in [0.15, 0.2) is 0 Å². The fourth-order valence-corrected chi connectivity index (χ4v) is 2.21. The maximum absolute atomic E-state index is 12.1. The second kappa shape index (κ2) is 8.15. The molecule has 24 heavy (non-hydrogen) atoms. The topological polar surface area (TPSA) is 67.4 Å². The van der Waals surface area contributed by atoms with E-state index in [1.165, 1.54) is 0 Å². The predicted octanol–water partition coefficient (Wildman–Crippen LogP) is 3.07. The van der Waals surface area contributed by atoms with Gasteiger partial charge in [-0.2, -0.15) is 0 Å². The molecule has 126 valence electrons. The highest BCUT2D eigenvalue weighted by molar-refractivity contribution is 5.99. The Kier molecular flexibility index (Phi) is 5.95. The van der Waals surface area contributed by atoms with Gasteiger partial charge in [0.05, 0.1) is 13.2 Å². The number of benzene rings is 2. The lowest BCUT2D eigenvalue weighted by molar-refractivity contribution is -0.115. The Bertz CT molecular complexity index is 724. The Morgan fingerprint density at radius 1 is 1.04 bits per heavy atom. The fourth-order valence-electron chi connectivity index (χ4n) is 2.21. The normalized spacial score (nSPS) is 10.1. The molecule has 2 amide bonds. The van der Waals surface area contributed by atoms with Crippen molar-refractivity contribution in [2.45, 2.75) is 20.8 Å². The summed E-state index contributed by atoms with van der Waals surface area (Å²) in [6, 6.07) is 12.5. The molecular formula is C19H22N2O3. The Morgan fingerprint density at radius 3 is 2.42 bits per heavy atom. The van der Waals surface area contributed by atoms with Crippen LogP contribution in [0.1, 0.15) is 28.4 Å². The minimum atomic E-state index is -0.297. The van der Waals surface area contributed by atoms with Crippen molar-refractivity contribution in [1.29, 1.82) is 0 Å². The lowest BCUT2D eigenvalue weighted by Crippen LogP contribution is -2.33. The highest BCUT2D eigenvalue weighted by Crippen LogP contribution is 2.17. The van der Waals surface area contributed by atoms with Gasteiger partial charge >= 0.3 is 0 Å². The molecule has 0 atom stereocenters. The number of carbonyl (C=O) groups excluding carboxylic acids is 2. The summed E-state index contributed by atoms with van der Waals surface area (Å²) in [5.74, 6) is 0.152. The summed E-state index contributed by atoms with van der Waals surface area (Å²) in [7, 11) is 0. The summed E-state index contributed by atoms with van der Waals surface area (Å²) in [4.78, 5) is 24.1. The van der Waals surface area contributed by atoms with Crippen LogP contribution in [0.5, 0.6) is 5.75 Å². The van der Waals surface area contributed by atoms with Crippen LogP contribution >= 0.6 is 0 Å². The van der Waals surface area contributed by atoms with Crippen molar-refractivity contribution < 1.29 is 14.3 Å². The summed E-state index contributed by atoms with van der Waals surface area (Å²) in [6.45, 7) is 6.32. The van der Waals surface area contributed by atoms with Crippen LogP contribution in [0.15, 0.2) is 42.5 Å². The standard InChI is InChI=1S/C19H22N2O3/c1-4-24-16-10-8-15(9-11-16)19(23)20-12-18(22)21-17-7-5-6-13(2)14(17)3/h5-11H,4,12H2,1-3H3,(H,20,23)(H,21,22). The summed E-state index contributed by atoms with van der Waals surface area (Å²) >= 11 is 0. The lowest BCUT2D eigenvalue weighted by atomic mass is 10.1. The van der Waals surface area contributed by atoms with Crippen LogP contribution < -0.4 is 15.4 Å². The molecule has 0 bridgehead atoms. The highest BCUT2D eigenvalue weighted by Gasteiger charge is 2.10. The molecule has 0 saturated heterocycles. The smallest absolute Gasteiger partial charge is 0.251 e. The Balaban J connectivity index is 1.89. The third kappa shape index (κ3) is 4.59. The van der Waals surface area contributed by atoms with Crippen LogP contribution in [0.25, 0.3) is 0 Å². The molecule has 0 aliphatic rings. The molecule has 0 unspecified atom stereocenters. The molecule has 2 aromatic carbocycles. The molecule has 5 heteroatoms. The number of nitrogens with one attached hydrogen (secondary N) is 2. The molecule has 0 aliphatic heterocycles. The van der Waals surface area contributed by atoms with Crippen molar-refractivity contribution in [3.05, 3.63) is 59.2 Å². The molecule has 0 aliphatic carbocycles. The van der Waals surface area contributed by atoms with E-state index >= 15 is 0 Å². The first-order chi connectivity index (χ1) is 11.5. The number of hydrogen-bond donors (Lipinski definition) is 2. The first-order valence-electron chi connectivity index (χ1n) is 7.88. The SMILES string of the molecule is CCOc1ccc(C(=O)NCC(=O)Nc2cccc(C)c2C)cc1. The van der Waals surface area contributed by atoms with Gasteiger partial charge in [-0.15, -0.1) is 0 Å². The van der Waals surface area contributed by atoms with Gasteiger partial charge in [0.2, 0.25) is 5.91 Å². The quantitative estimate of drug-likeness (QED) is 0.857. The van der Waals surface area contributed by atoms with Gasteiger partial charge in [-0.05, 0) is 62.2 Å². The molecule has 2 aromatic rings. The molecule has 2 rings (SSSR count). The maximum atomic E-state index is 12.1. The molecule has 5 nitrogen and oxygen atoms in total. The largest absolute Gasteiger partial charge is 0.494 e. The Hall–Kier alpha value is -2.82. The van der Waals surface area contributed by atoms with E-state index in [9.17, 15) is 9.59 Å². The fraction of sp³-hybridized carbons (Fsp3) is 0.263. The van der Waals surface area contributed by atoms with Gasteiger partial charge < -0.3 is 15.4 Å². The molecule has 0 heterocycles. The van der Waals surface area contributed by atoms with Crippen LogP contribution in [-0.4, -0.2) is 25.0 Å². The number of hydrogen-bond acceptors (Lipinski definition) is 3. The predicted molar refractivity (Wildman–Crippen MR) is 94.5 cm³/mol. The van der Waals surface area contributed by atoms with Crippen LogP contribution in [0.3, 0.4) is 0 Å². The molecule has 0 spiro atoms. The number of ether oxygens (including phenoxy) is 1. The second-order valence-corrected chi connectivity index (χ2v) is 5.44. The second-order valence-electron chi connectivity index (χ2n) is 5.44. The minimum absolute atomic E-state index is 0.0839. The van der Waals surface area contributed by atoms with Gasteiger partial charge in [0.25, 0.3) is 5.91 Å². The summed E-state index contributed by atoms with van der Waals surface area (Å²) < 4.78 is 5.33. The maximum Gasteiger partial charge on any atom is 0.251 e. The third-order valence-electron chi connectivity index (χ3n) is 3.72. The van der Waals surface area contributed by atoms with E-state index in [0.717, 1.165) is 16.8 Å². The van der Waals surface area contributed by atoms with E-state index in [1.54, 1.807) is 24.3 Å². The van der Waals surface area contributed by atoms with Crippen molar-refractivity contribution in [2.24, 2.45) is 0 Å². The number of amides is 2. The van der Waals surface area contributed by atoms with E-state index in [4.69, 9.17) is 4.74 Å². The lowest BCUT2D eigenvalue weighted by Gasteiger charge is -2.11. The molecule has 0 aromatic heterocycles. The van der Waals surface area contributed by atoms with Crippen molar-refractivity contribution in [3.63, 3.8) is 0 Å². The number of carbonyl (C=O) groups is 2. The third-order valence-corrected chi connectivity index (χ3v) is 3.72. The monoisotopic (exact) mass is 326 g/mol. The first-order valence-corrected chi connectivity index (χ1v) is 7.88. The zero-order valence-corrected chi connectivity index (χ0v) is 14.2. The van der Waals surface area contributed by atoms with E-state index < -0.39 is 0 Å². The zero-order chi connectivity index (χ0) is 17.5.